The van der Waals surface area contributed by atoms with Gasteiger partial charge in [0.1, 0.15) is 11.5 Å². The first-order chi connectivity index (χ1) is 9.20. The third-order valence-corrected chi connectivity index (χ3v) is 3.64. The van der Waals surface area contributed by atoms with Crippen molar-refractivity contribution in [3.8, 4) is 11.5 Å². The lowest BCUT2D eigenvalue weighted by atomic mass is 10.00. The Balaban J connectivity index is 1.82. The first kappa shape index (κ1) is 12.2. The summed E-state index contributed by atoms with van der Waals surface area (Å²) < 4.78 is 5.92. The summed E-state index contributed by atoms with van der Waals surface area (Å²) in [6.45, 7) is 4.24. The van der Waals surface area contributed by atoms with Crippen molar-refractivity contribution in [2.75, 3.05) is 13.6 Å². The molecular weight excluding hydrogens is 234 g/mol. The van der Waals surface area contributed by atoms with Crippen LogP contribution < -0.4 is 4.74 Å². The second kappa shape index (κ2) is 5.06. The fourth-order valence-electron chi connectivity index (χ4n) is 2.48. The molecule has 0 atom stereocenters. The van der Waals surface area contributed by atoms with Crippen molar-refractivity contribution in [2.45, 2.75) is 19.9 Å². The molecule has 0 spiro atoms. The molecule has 0 unspecified atom stereocenters. The summed E-state index contributed by atoms with van der Waals surface area (Å²) >= 11 is 0. The van der Waals surface area contributed by atoms with Crippen LogP contribution in [0, 0.1) is 6.92 Å². The minimum absolute atomic E-state index is 0.898. The summed E-state index contributed by atoms with van der Waals surface area (Å²) in [4.78, 5) is 2.35. The molecule has 0 saturated carbocycles. The monoisotopic (exact) mass is 253 g/mol. The Morgan fingerprint density at radius 1 is 0.947 bits per heavy atom. The van der Waals surface area contributed by atoms with Crippen molar-refractivity contribution in [2.24, 2.45) is 0 Å². The van der Waals surface area contributed by atoms with Crippen molar-refractivity contribution >= 4 is 0 Å². The van der Waals surface area contributed by atoms with Crippen LogP contribution >= 0.6 is 0 Å². The van der Waals surface area contributed by atoms with Crippen LogP contribution in [0.25, 0.3) is 0 Å². The topological polar surface area (TPSA) is 12.5 Å². The van der Waals surface area contributed by atoms with Gasteiger partial charge in [0.15, 0.2) is 0 Å². The van der Waals surface area contributed by atoms with Gasteiger partial charge < -0.3 is 9.64 Å². The van der Waals surface area contributed by atoms with E-state index in [0.717, 1.165) is 31.0 Å². The van der Waals surface area contributed by atoms with E-state index in [4.69, 9.17) is 4.74 Å². The largest absolute Gasteiger partial charge is 0.457 e. The van der Waals surface area contributed by atoms with E-state index in [1.54, 1.807) is 0 Å². The third kappa shape index (κ3) is 2.79. The Hall–Kier alpha value is -1.80. The van der Waals surface area contributed by atoms with Crippen LogP contribution in [0.15, 0.2) is 42.5 Å². The molecule has 0 saturated heterocycles. The Morgan fingerprint density at radius 3 is 2.47 bits per heavy atom. The highest BCUT2D eigenvalue weighted by Crippen LogP contribution is 2.27. The zero-order valence-corrected chi connectivity index (χ0v) is 11.5. The van der Waals surface area contributed by atoms with Gasteiger partial charge in [-0.15, -0.1) is 0 Å². The van der Waals surface area contributed by atoms with Gasteiger partial charge in [-0.2, -0.15) is 0 Å². The maximum Gasteiger partial charge on any atom is 0.127 e. The number of rotatable bonds is 2. The molecule has 0 fully saturated rings. The van der Waals surface area contributed by atoms with E-state index < -0.39 is 0 Å². The van der Waals surface area contributed by atoms with Gasteiger partial charge in [0.2, 0.25) is 0 Å². The molecule has 2 nitrogen and oxygen atoms in total. The van der Waals surface area contributed by atoms with E-state index in [9.17, 15) is 0 Å². The second-order valence-electron chi connectivity index (χ2n) is 5.33. The molecule has 0 N–H and O–H groups in total. The average Bonchev–Trinajstić information content (AvgIpc) is 2.41. The highest BCUT2D eigenvalue weighted by Gasteiger charge is 2.13. The standard InChI is InChI=1S/C17H19NO/c1-13-3-6-16(7-4-13)19-17-8-5-14-9-10-18(2)12-15(14)11-17/h3-8,11H,9-10,12H2,1-2H3. The number of benzene rings is 2. The minimum atomic E-state index is 0.898. The molecule has 1 heterocycles. The molecule has 2 heteroatoms. The SMILES string of the molecule is Cc1ccc(Oc2ccc3c(c2)CN(C)CC3)cc1. The maximum atomic E-state index is 5.92. The van der Waals surface area contributed by atoms with Gasteiger partial charge in [-0.3, -0.25) is 0 Å². The molecule has 0 amide bonds. The summed E-state index contributed by atoms with van der Waals surface area (Å²) in [5.41, 5.74) is 4.09. The molecule has 1 aliphatic rings. The second-order valence-corrected chi connectivity index (χ2v) is 5.33. The highest BCUT2D eigenvalue weighted by atomic mass is 16.5. The van der Waals surface area contributed by atoms with Crippen LogP contribution in [0.4, 0.5) is 0 Å². The number of aryl methyl sites for hydroxylation is 1. The van der Waals surface area contributed by atoms with Crippen molar-refractivity contribution in [1.82, 2.24) is 4.90 Å². The van der Waals surface area contributed by atoms with E-state index >= 15 is 0 Å². The molecular formula is C17H19NO. The Labute approximate surface area is 114 Å². The first-order valence-corrected chi connectivity index (χ1v) is 6.75. The first-order valence-electron chi connectivity index (χ1n) is 6.75. The lowest BCUT2D eigenvalue weighted by Crippen LogP contribution is -2.26. The lowest BCUT2D eigenvalue weighted by Gasteiger charge is -2.25. The van der Waals surface area contributed by atoms with E-state index in [0.29, 0.717) is 0 Å². The van der Waals surface area contributed by atoms with Gasteiger partial charge in [0, 0.05) is 13.1 Å². The van der Waals surface area contributed by atoms with Crippen LogP contribution in [0.2, 0.25) is 0 Å². The Morgan fingerprint density at radius 2 is 1.68 bits per heavy atom. The van der Waals surface area contributed by atoms with E-state index in [1.165, 1.54) is 16.7 Å². The van der Waals surface area contributed by atoms with Gasteiger partial charge in [-0.05, 0) is 55.8 Å². The highest BCUT2D eigenvalue weighted by molar-refractivity contribution is 5.40. The smallest absolute Gasteiger partial charge is 0.127 e. The van der Waals surface area contributed by atoms with Crippen molar-refractivity contribution < 1.29 is 4.74 Å². The van der Waals surface area contributed by atoms with Crippen LogP contribution in [-0.2, 0) is 13.0 Å². The molecule has 1 aliphatic heterocycles. The normalized spacial score (nSPS) is 15.1. The van der Waals surface area contributed by atoms with Gasteiger partial charge in [-0.25, -0.2) is 0 Å². The number of nitrogens with zero attached hydrogens (tertiary/aromatic N) is 1. The summed E-state index contributed by atoms with van der Waals surface area (Å²) in [7, 11) is 2.16. The fraction of sp³-hybridized carbons (Fsp3) is 0.294. The molecule has 2 aromatic rings. The predicted molar refractivity (Wildman–Crippen MR) is 77.7 cm³/mol. The third-order valence-electron chi connectivity index (χ3n) is 3.64. The molecule has 0 aliphatic carbocycles. The van der Waals surface area contributed by atoms with E-state index in [2.05, 4.69) is 49.2 Å². The quantitative estimate of drug-likeness (QED) is 0.807. The summed E-state index contributed by atoms with van der Waals surface area (Å²) in [6, 6.07) is 14.6. The number of ether oxygens (including phenoxy) is 1. The molecule has 0 aromatic heterocycles. The van der Waals surface area contributed by atoms with Crippen molar-refractivity contribution in [3.63, 3.8) is 0 Å². The average molecular weight is 253 g/mol. The maximum absolute atomic E-state index is 5.92. The minimum Gasteiger partial charge on any atom is -0.457 e. The van der Waals surface area contributed by atoms with Gasteiger partial charge in [-0.1, -0.05) is 23.8 Å². The summed E-state index contributed by atoms with van der Waals surface area (Å²) in [5, 5.41) is 0. The van der Waals surface area contributed by atoms with E-state index in [1.807, 2.05) is 12.1 Å². The molecule has 2 aromatic carbocycles. The molecule has 19 heavy (non-hydrogen) atoms. The van der Waals surface area contributed by atoms with Crippen LogP contribution in [0.3, 0.4) is 0 Å². The number of hydrogen-bond donors (Lipinski definition) is 0. The summed E-state index contributed by atoms with van der Waals surface area (Å²) in [6.07, 6.45) is 1.14. The summed E-state index contributed by atoms with van der Waals surface area (Å²) in [5.74, 6) is 1.83. The molecule has 98 valence electrons. The van der Waals surface area contributed by atoms with Gasteiger partial charge >= 0.3 is 0 Å². The number of hydrogen-bond acceptors (Lipinski definition) is 2. The van der Waals surface area contributed by atoms with Gasteiger partial charge in [0.05, 0.1) is 0 Å². The lowest BCUT2D eigenvalue weighted by molar-refractivity contribution is 0.312. The predicted octanol–water partition coefficient (Wildman–Crippen LogP) is 3.78. The van der Waals surface area contributed by atoms with Gasteiger partial charge in [0.25, 0.3) is 0 Å². The Kier molecular flexibility index (Phi) is 3.26. The molecule has 0 radical (unpaired) electrons. The zero-order chi connectivity index (χ0) is 13.2. The number of likely N-dealkylation sites (N-methyl/N-ethyl adjacent to an activating group) is 1. The zero-order valence-electron chi connectivity index (χ0n) is 11.5. The fourth-order valence-corrected chi connectivity index (χ4v) is 2.48. The van der Waals surface area contributed by atoms with Crippen LogP contribution in [0.5, 0.6) is 11.5 Å². The Bertz CT molecular complexity index is 574. The van der Waals surface area contributed by atoms with Crippen LogP contribution in [0.1, 0.15) is 16.7 Å². The van der Waals surface area contributed by atoms with E-state index in [-0.39, 0.29) is 0 Å². The number of fused-ring (bicyclic) bond motifs is 1. The molecule has 3 rings (SSSR count). The van der Waals surface area contributed by atoms with Crippen molar-refractivity contribution in [1.29, 1.82) is 0 Å². The molecule has 0 bridgehead atoms. The van der Waals surface area contributed by atoms with Crippen LogP contribution in [-0.4, -0.2) is 18.5 Å². The van der Waals surface area contributed by atoms with Crippen molar-refractivity contribution in [3.05, 3.63) is 59.2 Å².